The maximum absolute atomic E-state index is 12.0. The largest absolute Gasteiger partial charge is 0.399 e. The number of carbonyl (C=O) groups excluding carboxylic acids is 3. The minimum Gasteiger partial charge on any atom is -0.399 e. The lowest BCUT2D eigenvalue weighted by Crippen LogP contribution is -2.46. The molecule has 1 fully saturated rings. The third-order valence-corrected chi connectivity index (χ3v) is 2.78. The highest BCUT2D eigenvalue weighted by Gasteiger charge is 2.31. The van der Waals surface area contributed by atoms with Gasteiger partial charge in [-0.25, -0.2) is 4.90 Å². The highest BCUT2D eigenvalue weighted by molar-refractivity contribution is 6.45. The Hall–Kier alpha value is -2.37. The van der Waals surface area contributed by atoms with Crippen molar-refractivity contribution in [2.24, 2.45) is 0 Å². The van der Waals surface area contributed by atoms with Gasteiger partial charge >= 0.3 is 11.8 Å². The van der Waals surface area contributed by atoms with Gasteiger partial charge in [0.25, 0.3) is 0 Å². The molecule has 3 amide bonds. The maximum atomic E-state index is 12.0. The zero-order chi connectivity index (χ0) is 14.0. The van der Waals surface area contributed by atoms with Crippen LogP contribution in [-0.4, -0.2) is 23.8 Å². The summed E-state index contributed by atoms with van der Waals surface area (Å²) in [6.45, 7) is 1.23. The SMILES string of the molecule is CC(=O)N(C(=O)C(=O)NC1CC1)c1ccc(N)cc1. The number of imide groups is 1. The molecule has 0 unspecified atom stereocenters. The van der Waals surface area contributed by atoms with Crippen molar-refractivity contribution in [1.82, 2.24) is 5.32 Å². The molecule has 0 aliphatic heterocycles. The van der Waals surface area contributed by atoms with Crippen LogP contribution in [0.2, 0.25) is 0 Å². The summed E-state index contributed by atoms with van der Waals surface area (Å²) < 4.78 is 0. The molecule has 100 valence electrons. The highest BCUT2D eigenvalue weighted by atomic mass is 16.2. The van der Waals surface area contributed by atoms with E-state index in [1.807, 2.05) is 0 Å². The summed E-state index contributed by atoms with van der Waals surface area (Å²) in [5.74, 6) is -2.14. The van der Waals surface area contributed by atoms with E-state index >= 15 is 0 Å². The fourth-order valence-electron chi connectivity index (χ4n) is 1.64. The fraction of sp³-hybridized carbons (Fsp3) is 0.308. The van der Waals surface area contributed by atoms with E-state index in [0.717, 1.165) is 17.7 Å². The number of hydrogen-bond donors (Lipinski definition) is 2. The molecular weight excluding hydrogens is 246 g/mol. The lowest BCUT2D eigenvalue weighted by molar-refractivity contribution is -0.139. The third-order valence-electron chi connectivity index (χ3n) is 2.78. The van der Waals surface area contributed by atoms with Crippen molar-refractivity contribution in [3.05, 3.63) is 24.3 Å². The maximum Gasteiger partial charge on any atom is 0.323 e. The summed E-state index contributed by atoms with van der Waals surface area (Å²) in [5, 5.41) is 2.56. The van der Waals surface area contributed by atoms with Gasteiger partial charge in [0.1, 0.15) is 0 Å². The number of nitrogens with zero attached hydrogens (tertiary/aromatic N) is 1. The molecule has 0 spiro atoms. The van der Waals surface area contributed by atoms with Crippen molar-refractivity contribution >= 4 is 29.1 Å². The van der Waals surface area contributed by atoms with Crippen molar-refractivity contribution in [3.8, 4) is 0 Å². The van der Waals surface area contributed by atoms with E-state index in [4.69, 9.17) is 5.73 Å². The van der Waals surface area contributed by atoms with Gasteiger partial charge in [-0.15, -0.1) is 0 Å². The normalized spacial score (nSPS) is 13.7. The molecule has 6 heteroatoms. The van der Waals surface area contributed by atoms with E-state index in [9.17, 15) is 14.4 Å². The second-order valence-electron chi connectivity index (χ2n) is 4.50. The second kappa shape index (κ2) is 5.09. The van der Waals surface area contributed by atoms with Gasteiger partial charge in [0.15, 0.2) is 0 Å². The second-order valence-corrected chi connectivity index (χ2v) is 4.50. The highest BCUT2D eigenvalue weighted by Crippen LogP contribution is 2.20. The summed E-state index contributed by atoms with van der Waals surface area (Å²) in [6, 6.07) is 6.25. The first-order valence-corrected chi connectivity index (χ1v) is 6.00. The molecule has 0 aromatic heterocycles. The molecule has 1 saturated carbocycles. The Labute approximate surface area is 110 Å². The van der Waals surface area contributed by atoms with E-state index in [-0.39, 0.29) is 6.04 Å². The first-order valence-electron chi connectivity index (χ1n) is 6.00. The lowest BCUT2D eigenvalue weighted by Gasteiger charge is -2.18. The van der Waals surface area contributed by atoms with Crippen LogP contribution in [0.5, 0.6) is 0 Å². The van der Waals surface area contributed by atoms with Crippen LogP contribution in [0.25, 0.3) is 0 Å². The number of rotatable bonds is 2. The Bertz CT molecular complexity index is 520. The number of nitrogen functional groups attached to an aromatic ring is 1. The smallest absolute Gasteiger partial charge is 0.323 e. The quantitative estimate of drug-likeness (QED) is 0.596. The third kappa shape index (κ3) is 3.09. The minimum absolute atomic E-state index is 0.0664. The van der Waals surface area contributed by atoms with E-state index in [1.165, 1.54) is 19.1 Å². The minimum atomic E-state index is -0.871. The molecule has 0 radical (unpaired) electrons. The van der Waals surface area contributed by atoms with Crippen molar-refractivity contribution < 1.29 is 14.4 Å². The van der Waals surface area contributed by atoms with Crippen LogP contribution in [-0.2, 0) is 14.4 Å². The molecule has 2 rings (SSSR count). The van der Waals surface area contributed by atoms with Gasteiger partial charge in [0, 0.05) is 18.7 Å². The predicted octanol–water partition coefficient (Wildman–Crippen LogP) is 0.427. The van der Waals surface area contributed by atoms with Gasteiger partial charge in [-0.1, -0.05) is 0 Å². The molecule has 1 aromatic rings. The van der Waals surface area contributed by atoms with Crippen molar-refractivity contribution in [3.63, 3.8) is 0 Å². The summed E-state index contributed by atoms with van der Waals surface area (Å²) in [4.78, 5) is 36.1. The number of benzene rings is 1. The van der Waals surface area contributed by atoms with Crippen LogP contribution in [0.1, 0.15) is 19.8 Å². The van der Waals surface area contributed by atoms with Crippen LogP contribution in [0.3, 0.4) is 0 Å². The number of anilines is 2. The van der Waals surface area contributed by atoms with Crippen LogP contribution in [0.4, 0.5) is 11.4 Å². The molecule has 0 atom stereocenters. The Balaban J connectivity index is 2.19. The molecule has 1 aliphatic carbocycles. The van der Waals surface area contributed by atoms with Crippen LogP contribution >= 0.6 is 0 Å². The molecule has 19 heavy (non-hydrogen) atoms. The number of amides is 3. The first kappa shape index (κ1) is 13.1. The summed E-state index contributed by atoms with van der Waals surface area (Å²) in [7, 11) is 0. The van der Waals surface area contributed by atoms with Gasteiger partial charge in [-0.3, -0.25) is 14.4 Å². The fourth-order valence-corrected chi connectivity index (χ4v) is 1.64. The van der Waals surface area contributed by atoms with E-state index in [2.05, 4.69) is 5.32 Å². The standard InChI is InChI=1S/C13H15N3O3/c1-8(17)16(11-6-2-9(14)3-7-11)13(19)12(18)15-10-4-5-10/h2-3,6-7,10H,4-5,14H2,1H3,(H,15,18). The number of nitrogens with two attached hydrogens (primary N) is 1. The molecule has 0 heterocycles. The molecular formula is C13H15N3O3. The Morgan fingerprint density at radius 3 is 2.26 bits per heavy atom. The van der Waals surface area contributed by atoms with Crippen LogP contribution in [0.15, 0.2) is 24.3 Å². The van der Waals surface area contributed by atoms with E-state index < -0.39 is 17.7 Å². The predicted molar refractivity (Wildman–Crippen MR) is 70.2 cm³/mol. The van der Waals surface area contributed by atoms with Crippen molar-refractivity contribution in [2.75, 3.05) is 10.6 Å². The first-order chi connectivity index (χ1) is 8.99. The average Bonchev–Trinajstić information content (AvgIpc) is 3.15. The topological polar surface area (TPSA) is 92.5 Å². The van der Waals surface area contributed by atoms with Gasteiger partial charge in [0.05, 0.1) is 5.69 Å². The Morgan fingerprint density at radius 2 is 1.79 bits per heavy atom. The van der Waals surface area contributed by atoms with Crippen molar-refractivity contribution in [2.45, 2.75) is 25.8 Å². The Kier molecular flexibility index (Phi) is 3.50. The van der Waals surface area contributed by atoms with Crippen molar-refractivity contribution in [1.29, 1.82) is 0 Å². The molecule has 1 aliphatic rings. The molecule has 3 N–H and O–H groups in total. The number of nitrogens with one attached hydrogen (secondary N) is 1. The van der Waals surface area contributed by atoms with Crippen LogP contribution < -0.4 is 16.0 Å². The van der Waals surface area contributed by atoms with E-state index in [1.54, 1.807) is 12.1 Å². The zero-order valence-electron chi connectivity index (χ0n) is 10.6. The van der Waals surface area contributed by atoms with Gasteiger partial charge in [0.2, 0.25) is 5.91 Å². The summed E-state index contributed by atoms with van der Waals surface area (Å²) >= 11 is 0. The van der Waals surface area contributed by atoms with Crippen LogP contribution in [0, 0.1) is 0 Å². The van der Waals surface area contributed by atoms with Gasteiger partial charge in [-0.05, 0) is 37.1 Å². The van der Waals surface area contributed by atoms with E-state index in [0.29, 0.717) is 11.4 Å². The zero-order valence-corrected chi connectivity index (χ0v) is 10.6. The number of carbonyl (C=O) groups is 3. The van der Waals surface area contributed by atoms with Gasteiger partial charge < -0.3 is 11.1 Å². The summed E-state index contributed by atoms with van der Waals surface area (Å²) in [5.41, 5.74) is 6.39. The average molecular weight is 261 g/mol. The molecule has 1 aromatic carbocycles. The number of hydrogen-bond acceptors (Lipinski definition) is 4. The Morgan fingerprint density at radius 1 is 1.21 bits per heavy atom. The molecule has 0 saturated heterocycles. The monoisotopic (exact) mass is 261 g/mol. The lowest BCUT2D eigenvalue weighted by atomic mass is 10.2. The molecule has 0 bridgehead atoms. The summed E-state index contributed by atoms with van der Waals surface area (Å²) in [6.07, 6.45) is 1.75. The van der Waals surface area contributed by atoms with Gasteiger partial charge in [-0.2, -0.15) is 0 Å². The molecule has 6 nitrogen and oxygen atoms in total.